The van der Waals surface area contributed by atoms with Crippen LogP contribution in [0.2, 0.25) is 0 Å². The van der Waals surface area contributed by atoms with Crippen molar-refractivity contribution in [2.45, 2.75) is 32.7 Å². The molecule has 1 fully saturated rings. The summed E-state index contributed by atoms with van der Waals surface area (Å²) in [4.78, 5) is 4.84. The SMILES string of the molecule is CC(C)CN(CCNC1CCOCC1)CCN(C)C. The molecule has 0 aromatic heterocycles. The van der Waals surface area contributed by atoms with Gasteiger partial charge in [-0.3, -0.25) is 0 Å². The van der Waals surface area contributed by atoms with Crippen LogP contribution in [0.15, 0.2) is 0 Å². The first kappa shape index (κ1) is 16.9. The summed E-state index contributed by atoms with van der Waals surface area (Å²) in [6.07, 6.45) is 2.34. The molecule has 1 N–H and O–H groups in total. The van der Waals surface area contributed by atoms with Gasteiger partial charge in [0.05, 0.1) is 0 Å². The van der Waals surface area contributed by atoms with Crippen molar-refractivity contribution in [3.8, 4) is 0 Å². The molecule has 19 heavy (non-hydrogen) atoms. The van der Waals surface area contributed by atoms with Crippen LogP contribution in [0.1, 0.15) is 26.7 Å². The molecule has 0 saturated carbocycles. The molecule has 0 aromatic carbocycles. The number of ether oxygens (including phenoxy) is 1. The summed E-state index contributed by atoms with van der Waals surface area (Å²) in [6.45, 7) is 12.2. The highest BCUT2D eigenvalue weighted by Gasteiger charge is 2.13. The van der Waals surface area contributed by atoms with Crippen molar-refractivity contribution in [3.05, 3.63) is 0 Å². The maximum absolute atomic E-state index is 5.39. The highest BCUT2D eigenvalue weighted by atomic mass is 16.5. The molecular weight excluding hydrogens is 238 g/mol. The first-order valence-corrected chi connectivity index (χ1v) is 7.76. The number of nitrogens with zero attached hydrogens (tertiary/aromatic N) is 2. The van der Waals surface area contributed by atoms with Crippen LogP contribution in [-0.2, 0) is 4.74 Å². The summed E-state index contributed by atoms with van der Waals surface area (Å²) in [5.74, 6) is 0.741. The van der Waals surface area contributed by atoms with Gasteiger partial charge < -0.3 is 19.9 Å². The van der Waals surface area contributed by atoms with E-state index in [2.05, 4.69) is 43.1 Å². The fourth-order valence-electron chi connectivity index (χ4n) is 2.48. The Labute approximate surface area is 119 Å². The van der Waals surface area contributed by atoms with E-state index in [1.807, 2.05) is 0 Å². The van der Waals surface area contributed by atoms with Gasteiger partial charge >= 0.3 is 0 Å². The predicted molar refractivity (Wildman–Crippen MR) is 81.7 cm³/mol. The van der Waals surface area contributed by atoms with E-state index in [-0.39, 0.29) is 0 Å². The third kappa shape index (κ3) is 8.58. The van der Waals surface area contributed by atoms with Crippen LogP contribution in [-0.4, -0.2) is 75.9 Å². The largest absolute Gasteiger partial charge is 0.381 e. The maximum atomic E-state index is 5.39. The number of rotatable bonds is 9. The molecule has 114 valence electrons. The van der Waals surface area contributed by atoms with Gasteiger partial charge in [0.15, 0.2) is 0 Å². The van der Waals surface area contributed by atoms with Crippen LogP contribution in [0.3, 0.4) is 0 Å². The van der Waals surface area contributed by atoms with Gasteiger partial charge in [-0.25, -0.2) is 0 Å². The van der Waals surface area contributed by atoms with Crippen molar-refractivity contribution < 1.29 is 4.74 Å². The van der Waals surface area contributed by atoms with Crippen LogP contribution >= 0.6 is 0 Å². The van der Waals surface area contributed by atoms with Crippen molar-refractivity contribution in [1.29, 1.82) is 0 Å². The van der Waals surface area contributed by atoms with Crippen molar-refractivity contribution in [2.75, 3.05) is 60.0 Å². The van der Waals surface area contributed by atoms with Gasteiger partial charge in [0.25, 0.3) is 0 Å². The standard InChI is InChI=1S/C15H33N3O/c1-14(2)13-18(10-9-17(3)4)8-7-16-15-5-11-19-12-6-15/h14-16H,5-13H2,1-4H3. The Bertz CT molecular complexity index is 215. The summed E-state index contributed by atoms with van der Waals surface area (Å²) < 4.78 is 5.39. The van der Waals surface area contributed by atoms with Crippen molar-refractivity contribution >= 4 is 0 Å². The highest BCUT2D eigenvalue weighted by Crippen LogP contribution is 2.06. The van der Waals surface area contributed by atoms with Crippen molar-refractivity contribution in [3.63, 3.8) is 0 Å². The van der Waals surface area contributed by atoms with E-state index in [1.54, 1.807) is 0 Å². The molecule has 0 aromatic rings. The van der Waals surface area contributed by atoms with Crippen LogP contribution in [0.4, 0.5) is 0 Å². The van der Waals surface area contributed by atoms with Crippen LogP contribution in [0.5, 0.6) is 0 Å². The molecule has 1 aliphatic rings. The predicted octanol–water partition coefficient (Wildman–Crippen LogP) is 1.27. The summed E-state index contributed by atoms with van der Waals surface area (Å²) in [5.41, 5.74) is 0. The monoisotopic (exact) mass is 271 g/mol. The highest BCUT2D eigenvalue weighted by molar-refractivity contribution is 4.71. The molecule has 1 heterocycles. The second kappa shape index (κ2) is 9.70. The van der Waals surface area contributed by atoms with E-state index in [4.69, 9.17) is 4.74 Å². The van der Waals surface area contributed by atoms with Gasteiger partial charge in [0, 0.05) is 52.0 Å². The zero-order valence-electron chi connectivity index (χ0n) is 13.3. The van der Waals surface area contributed by atoms with E-state index in [9.17, 15) is 0 Å². The minimum absolute atomic E-state index is 0.670. The fourth-order valence-corrected chi connectivity index (χ4v) is 2.48. The van der Waals surface area contributed by atoms with E-state index in [0.717, 1.165) is 38.8 Å². The molecule has 4 nitrogen and oxygen atoms in total. The molecule has 1 rings (SSSR count). The zero-order chi connectivity index (χ0) is 14.1. The van der Waals surface area contributed by atoms with E-state index in [1.165, 1.54) is 25.9 Å². The number of likely N-dealkylation sites (N-methyl/N-ethyl adjacent to an activating group) is 1. The number of hydrogen-bond acceptors (Lipinski definition) is 4. The lowest BCUT2D eigenvalue weighted by atomic mass is 10.1. The number of hydrogen-bond donors (Lipinski definition) is 1. The van der Waals surface area contributed by atoms with Gasteiger partial charge in [-0.05, 0) is 32.9 Å². The first-order chi connectivity index (χ1) is 9.08. The quantitative estimate of drug-likeness (QED) is 0.683. The zero-order valence-corrected chi connectivity index (χ0v) is 13.3. The van der Waals surface area contributed by atoms with Gasteiger partial charge in [0.1, 0.15) is 0 Å². The molecule has 0 spiro atoms. The Kier molecular flexibility index (Phi) is 8.62. The lowest BCUT2D eigenvalue weighted by molar-refractivity contribution is 0.0770. The minimum atomic E-state index is 0.670. The molecule has 1 aliphatic heterocycles. The molecule has 0 aliphatic carbocycles. The average Bonchev–Trinajstić information content (AvgIpc) is 2.36. The Morgan fingerprint density at radius 3 is 2.37 bits per heavy atom. The summed E-state index contributed by atoms with van der Waals surface area (Å²) in [5, 5.41) is 3.68. The lowest BCUT2D eigenvalue weighted by Crippen LogP contribution is -2.42. The summed E-state index contributed by atoms with van der Waals surface area (Å²) in [6, 6.07) is 0.670. The second-order valence-corrected chi connectivity index (χ2v) is 6.34. The first-order valence-electron chi connectivity index (χ1n) is 7.76. The smallest absolute Gasteiger partial charge is 0.0480 e. The van der Waals surface area contributed by atoms with Crippen LogP contribution < -0.4 is 5.32 Å². The Morgan fingerprint density at radius 2 is 1.79 bits per heavy atom. The van der Waals surface area contributed by atoms with Gasteiger partial charge in [-0.15, -0.1) is 0 Å². The molecule has 0 bridgehead atoms. The molecule has 0 atom stereocenters. The van der Waals surface area contributed by atoms with E-state index in [0.29, 0.717) is 6.04 Å². The maximum Gasteiger partial charge on any atom is 0.0480 e. The molecule has 0 unspecified atom stereocenters. The third-order valence-corrected chi connectivity index (χ3v) is 3.57. The Hall–Kier alpha value is -0.160. The fraction of sp³-hybridized carbons (Fsp3) is 1.00. The van der Waals surface area contributed by atoms with Crippen molar-refractivity contribution in [2.24, 2.45) is 5.92 Å². The van der Waals surface area contributed by atoms with E-state index < -0.39 is 0 Å². The van der Waals surface area contributed by atoms with E-state index >= 15 is 0 Å². The van der Waals surface area contributed by atoms with Crippen LogP contribution in [0, 0.1) is 5.92 Å². The minimum Gasteiger partial charge on any atom is -0.381 e. The second-order valence-electron chi connectivity index (χ2n) is 6.34. The molecule has 0 amide bonds. The Balaban J connectivity index is 2.18. The van der Waals surface area contributed by atoms with Crippen LogP contribution in [0.25, 0.3) is 0 Å². The van der Waals surface area contributed by atoms with Gasteiger partial charge in [0.2, 0.25) is 0 Å². The summed E-state index contributed by atoms with van der Waals surface area (Å²) >= 11 is 0. The van der Waals surface area contributed by atoms with Crippen molar-refractivity contribution in [1.82, 2.24) is 15.1 Å². The van der Waals surface area contributed by atoms with Gasteiger partial charge in [-0.2, -0.15) is 0 Å². The topological polar surface area (TPSA) is 27.7 Å². The third-order valence-electron chi connectivity index (χ3n) is 3.57. The normalized spacial score (nSPS) is 17.8. The molecular formula is C15H33N3O. The summed E-state index contributed by atoms with van der Waals surface area (Å²) in [7, 11) is 4.29. The molecule has 1 saturated heterocycles. The molecule has 4 heteroatoms. The average molecular weight is 271 g/mol. The number of nitrogens with one attached hydrogen (secondary N) is 1. The Morgan fingerprint density at radius 1 is 1.11 bits per heavy atom. The van der Waals surface area contributed by atoms with Gasteiger partial charge in [-0.1, -0.05) is 13.8 Å². The lowest BCUT2D eigenvalue weighted by Gasteiger charge is -2.28. The molecule has 0 radical (unpaired) electrons.